The molecule has 2 aromatic rings. The van der Waals surface area contributed by atoms with Crippen LogP contribution >= 0.6 is 15.9 Å². The summed E-state index contributed by atoms with van der Waals surface area (Å²) in [6.45, 7) is 4.24. The number of nitrogens with one attached hydrogen (secondary N) is 1. The third kappa shape index (κ3) is 2.65. The maximum Gasteiger partial charge on any atom is 0.134 e. The molecule has 0 fully saturated rings. The standard InChI is InChI=1S/C14H17BrN2O/c1-9(8-18)10(2)17-14-12-4-3-5-13(15)11(12)6-7-16-14/h3-7,9-10,18H,8H2,1-2H3,(H,16,17). The van der Waals surface area contributed by atoms with Crippen molar-refractivity contribution in [2.24, 2.45) is 5.92 Å². The van der Waals surface area contributed by atoms with Gasteiger partial charge in [-0.25, -0.2) is 4.98 Å². The van der Waals surface area contributed by atoms with Crippen LogP contribution in [0.25, 0.3) is 10.8 Å². The van der Waals surface area contributed by atoms with Crippen molar-refractivity contribution in [3.05, 3.63) is 34.9 Å². The number of anilines is 1. The maximum absolute atomic E-state index is 9.17. The second kappa shape index (κ2) is 5.67. The number of pyridine rings is 1. The molecule has 0 aliphatic rings. The van der Waals surface area contributed by atoms with E-state index in [0.717, 1.165) is 21.1 Å². The third-order valence-corrected chi connectivity index (χ3v) is 3.95. The molecule has 2 atom stereocenters. The fraction of sp³-hybridized carbons (Fsp3) is 0.357. The summed E-state index contributed by atoms with van der Waals surface area (Å²) in [7, 11) is 0. The van der Waals surface area contributed by atoms with Crippen LogP contribution < -0.4 is 5.32 Å². The van der Waals surface area contributed by atoms with Gasteiger partial charge in [-0.1, -0.05) is 35.0 Å². The zero-order valence-electron chi connectivity index (χ0n) is 10.5. The zero-order valence-corrected chi connectivity index (χ0v) is 12.1. The Labute approximate surface area is 115 Å². The molecule has 4 heteroatoms. The molecule has 3 nitrogen and oxygen atoms in total. The summed E-state index contributed by atoms with van der Waals surface area (Å²) in [5, 5.41) is 14.8. The van der Waals surface area contributed by atoms with Crippen LogP contribution in [0.5, 0.6) is 0 Å². The molecule has 1 aromatic heterocycles. The van der Waals surface area contributed by atoms with E-state index in [1.807, 2.05) is 31.2 Å². The van der Waals surface area contributed by atoms with Crippen LogP contribution in [0.15, 0.2) is 34.9 Å². The van der Waals surface area contributed by atoms with Crippen LogP contribution in [0, 0.1) is 5.92 Å². The summed E-state index contributed by atoms with van der Waals surface area (Å²) >= 11 is 3.54. The molecule has 0 spiro atoms. The third-order valence-electron chi connectivity index (χ3n) is 3.26. The number of aliphatic hydroxyl groups excluding tert-OH is 1. The minimum Gasteiger partial charge on any atom is -0.396 e. The van der Waals surface area contributed by atoms with E-state index in [9.17, 15) is 5.11 Å². The van der Waals surface area contributed by atoms with Gasteiger partial charge < -0.3 is 10.4 Å². The highest BCUT2D eigenvalue weighted by Gasteiger charge is 2.13. The normalized spacial score (nSPS) is 14.4. The Hall–Kier alpha value is -1.13. The summed E-state index contributed by atoms with van der Waals surface area (Å²) in [6, 6.07) is 8.23. The highest BCUT2D eigenvalue weighted by molar-refractivity contribution is 9.10. The lowest BCUT2D eigenvalue weighted by molar-refractivity contribution is 0.226. The number of hydrogen-bond donors (Lipinski definition) is 2. The van der Waals surface area contributed by atoms with E-state index in [1.54, 1.807) is 6.20 Å². The molecular formula is C14H17BrN2O. The monoisotopic (exact) mass is 308 g/mol. The van der Waals surface area contributed by atoms with Gasteiger partial charge in [-0.3, -0.25) is 0 Å². The second-order valence-electron chi connectivity index (χ2n) is 4.59. The molecule has 2 rings (SSSR count). The fourth-order valence-electron chi connectivity index (χ4n) is 1.80. The molecule has 0 amide bonds. The van der Waals surface area contributed by atoms with Crippen LogP contribution in [0.4, 0.5) is 5.82 Å². The highest BCUT2D eigenvalue weighted by Crippen LogP contribution is 2.28. The van der Waals surface area contributed by atoms with Crippen molar-refractivity contribution in [1.29, 1.82) is 0 Å². The Morgan fingerprint density at radius 2 is 2.06 bits per heavy atom. The summed E-state index contributed by atoms with van der Waals surface area (Å²) in [5.41, 5.74) is 0. The number of rotatable bonds is 4. The number of aromatic nitrogens is 1. The molecule has 0 aliphatic heterocycles. The summed E-state index contributed by atoms with van der Waals surface area (Å²) in [5.74, 6) is 1.05. The average Bonchev–Trinajstić information content (AvgIpc) is 2.39. The number of halogens is 1. The first-order chi connectivity index (χ1) is 8.63. The van der Waals surface area contributed by atoms with Crippen LogP contribution in [-0.4, -0.2) is 22.7 Å². The van der Waals surface area contributed by atoms with Crippen molar-refractivity contribution in [2.45, 2.75) is 19.9 Å². The minimum atomic E-state index is 0.169. The lowest BCUT2D eigenvalue weighted by Crippen LogP contribution is -2.26. The average molecular weight is 309 g/mol. The molecule has 2 N–H and O–H groups in total. The number of benzene rings is 1. The summed E-state index contributed by atoms with van der Waals surface area (Å²) in [4.78, 5) is 4.39. The number of fused-ring (bicyclic) bond motifs is 1. The molecule has 1 heterocycles. The first-order valence-electron chi connectivity index (χ1n) is 6.04. The van der Waals surface area contributed by atoms with Crippen molar-refractivity contribution in [3.63, 3.8) is 0 Å². The van der Waals surface area contributed by atoms with Gasteiger partial charge in [0.2, 0.25) is 0 Å². The quantitative estimate of drug-likeness (QED) is 0.909. The number of aliphatic hydroxyl groups is 1. The zero-order chi connectivity index (χ0) is 13.1. The van der Waals surface area contributed by atoms with Gasteiger partial charge in [-0.2, -0.15) is 0 Å². The van der Waals surface area contributed by atoms with E-state index in [-0.39, 0.29) is 18.6 Å². The largest absolute Gasteiger partial charge is 0.396 e. The molecule has 0 bridgehead atoms. The molecule has 96 valence electrons. The first-order valence-corrected chi connectivity index (χ1v) is 6.83. The number of nitrogens with zero attached hydrogens (tertiary/aromatic N) is 1. The van der Waals surface area contributed by atoms with Crippen LogP contribution in [0.1, 0.15) is 13.8 Å². The fourth-order valence-corrected chi connectivity index (χ4v) is 2.30. The van der Waals surface area contributed by atoms with Gasteiger partial charge in [-0.05, 0) is 25.0 Å². The molecule has 0 aliphatic carbocycles. The van der Waals surface area contributed by atoms with Crippen molar-refractivity contribution in [1.82, 2.24) is 4.98 Å². The van der Waals surface area contributed by atoms with Crippen molar-refractivity contribution < 1.29 is 5.11 Å². The van der Waals surface area contributed by atoms with Crippen LogP contribution in [-0.2, 0) is 0 Å². The van der Waals surface area contributed by atoms with Gasteiger partial charge in [0.05, 0.1) is 0 Å². The van der Waals surface area contributed by atoms with Gasteiger partial charge >= 0.3 is 0 Å². The number of hydrogen-bond acceptors (Lipinski definition) is 3. The topological polar surface area (TPSA) is 45.1 Å². The Kier molecular flexibility index (Phi) is 4.19. The molecule has 0 radical (unpaired) electrons. The van der Waals surface area contributed by atoms with Gasteiger partial charge in [0, 0.05) is 34.1 Å². The smallest absolute Gasteiger partial charge is 0.134 e. The van der Waals surface area contributed by atoms with Crippen molar-refractivity contribution in [2.75, 3.05) is 11.9 Å². The Morgan fingerprint density at radius 3 is 2.78 bits per heavy atom. The van der Waals surface area contributed by atoms with E-state index in [4.69, 9.17) is 0 Å². The molecule has 18 heavy (non-hydrogen) atoms. The predicted octanol–water partition coefficient (Wildman–Crippen LogP) is 3.43. The first kappa shape index (κ1) is 13.3. The Balaban J connectivity index is 2.37. The van der Waals surface area contributed by atoms with E-state index in [0.29, 0.717) is 0 Å². The van der Waals surface area contributed by atoms with E-state index in [2.05, 4.69) is 33.2 Å². The van der Waals surface area contributed by atoms with E-state index >= 15 is 0 Å². The molecule has 0 saturated carbocycles. The van der Waals surface area contributed by atoms with Crippen LogP contribution in [0.3, 0.4) is 0 Å². The maximum atomic E-state index is 9.17. The predicted molar refractivity (Wildman–Crippen MR) is 78.8 cm³/mol. The van der Waals surface area contributed by atoms with Crippen molar-refractivity contribution in [3.8, 4) is 0 Å². The lowest BCUT2D eigenvalue weighted by Gasteiger charge is -2.20. The van der Waals surface area contributed by atoms with Gasteiger partial charge in [0.25, 0.3) is 0 Å². The SMILES string of the molecule is CC(CO)C(C)Nc1nccc2c(Br)cccc12. The van der Waals surface area contributed by atoms with Gasteiger partial charge in [0.15, 0.2) is 0 Å². The highest BCUT2D eigenvalue weighted by atomic mass is 79.9. The van der Waals surface area contributed by atoms with Gasteiger partial charge in [-0.15, -0.1) is 0 Å². The molecule has 0 saturated heterocycles. The molecular weight excluding hydrogens is 292 g/mol. The molecule has 1 aromatic carbocycles. The van der Waals surface area contributed by atoms with E-state index in [1.165, 1.54) is 0 Å². The van der Waals surface area contributed by atoms with E-state index < -0.39 is 0 Å². The Morgan fingerprint density at radius 1 is 1.28 bits per heavy atom. The Bertz CT molecular complexity index is 544. The van der Waals surface area contributed by atoms with Gasteiger partial charge in [0.1, 0.15) is 5.82 Å². The summed E-state index contributed by atoms with van der Waals surface area (Å²) < 4.78 is 1.06. The second-order valence-corrected chi connectivity index (χ2v) is 5.44. The van der Waals surface area contributed by atoms with Crippen molar-refractivity contribution >= 4 is 32.5 Å². The summed E-state index contributed by atoms with van der Waals surface area (Å²) in [6.07, 6.45) is 1.80. The minimum absolute atomic E-state index is 0.169. The lowest BCUT2D eigenvalue weighted by atomic mass is 10.0. The van der Waals surface area contributed by atoms with Crippen LogP contribution in [0.2, 0.25) is 0 Å². The molecule has 2 unspecified atom stereocenters.